The highest BCUT2D eigenvalue weighted by Gasteiger charge is 2.28. The van der Waals surface area contributed by atoms with Gasteiger partial charge in [0.15, 0.2) is 6.61 Å². The summed E-state index contributed by atoms with van der Waals surface area (Å²) >= 11 is 0. The van der Waals surface area contributed by atoms with Crippen LogP contribution in [-0.2, 0) is 4.79 Å². The molecular formula is C14H13N3O3. The third-order valence-electron chi connectivity index (χ3n) is 3.86. The van der Waals surface area contributed by atoms with E-state index in [1.807, 2.05) is 0 Å². The van der Waals surface area contributed by atoms with Gasteiger partial charge in [0.1, 0.15) is 11.6 Å². The van der Waals surface area contributed by atoms with E-state index in [1.54, 1.807) is 19.2 Å². The number of carbonyl (C=O) groups is 1. The van der Waals surface area contributed by atoms with Gasteiger partial charge in [0.25, 0.3) is 11.5 Å². The molecule has 1 aromatic carbocycles. The fourth-order valence-corrected chi connectivity index (χ4v) is 2.47. The van der Waals surface area contributed by atoms with Crippen molar-refractivity contribution >= 4 is 22.5 Å². The highest BCUT2D eigenvalue weighted by Crippen LogP contribution is 2.39. The number of H-pyrrole nitrogens is 1. The minimum atomic E-state index is -0.161. The molecule has 102 valence electrons. The number of likely N-dealkylation sites (N-methyl/N-ethyl adjacent to an activating group) is 1. The molecule has 1 fully saturated rings. The lowest BCUT2D eigenvalue weighted by Crippen LogP contribution is -2.35. The van der Waals surface area contributed by atoms with Crippen molar-refractivity contribution in [3.63, 3.8) is 0 Å². The van der Waals surface area contributed by atoms with Gasteiger partial charge in [0.2, 0.25) is 0 Å². The fourth-order valence-electron chi connectivity index (χ4n) is 2.47. The molecule has 6 heteroatoms. The minimum absolute atomic E-state index is 0.0215. The summed E-state index contributed by atoms with van der Waals surface area (Å²) in [5.41, 5.74) is 1.07. The Labute approximate surface area is 114 Å². The zero-order chi connectivity index (χ0) is 13.9. The Morgan fingerprint density at radius 1 is 1.35 bits per heavy atom. The standard InChI is InChI=1S/C14H13N3O3/c1-17-10-4-8-9(5-11(10)20-6-12(17)18)15-13(7-2-3-7)16-14(8)19/h4-5,7H,2-3,6H2,1H3,(H,15,16,19). The summed E-state index contributed by atoms with van der Waals surface area (Å²) in [6.07, 6.45) is 2.15. The molecule has 0 atom stereocenters. The molecule has 0 bridgehead atoms. The Hall–Kier alpha value is -2.37. The Bertz CT molecular complexity index is 792. The van der Waals surface area contributed by atoms with Crippen molar-refractivity contribution in [2.24, 2.45) is 0 Å². The number of anilines is 1. The number of hydrogen-bond donors (Lipinski definition) is 1. The molecule has 1 N–H and O–H groups in total. The van der Waals surface area contributed by atoms with E-state index >= 15 is 0 Å². The molecule has 4 rings (SSSR count). The Kier molecular flexibility index (Phi) is 2.19. The number of hydrogen-bond acceptors (Lipinski definition) is 4. The van der Waals surface area contributed by atoms with Crippen LogP contribution in [0.15, 0.2) is 16.9 Å². The fraction of sp³-hybridized carbons (Fsp3) is 0.357. The average Bonchev–Trinajstić information content (AvgIpc) is 3.26. The topological polar surface area (TPSA) is 75.3 Å². The monoisotopic (exact) mass is 271 g/mol. The van der Waals surface area contributed by atoms with Crippen molar-refractivity contribution in [3.05, 3.63) is 28.3 Å². The van der Waals surface area contributed by atoms with Gasteiger partial charge < -0.3 is 14.6 Å². The van der Waals surface area contributed by atoms with E-state index in [4.69, 9.17) is 4.74 Å². The Morgan fingerprint density at radius 2 is 2.15 bits per heavy atom. The van der Waals surface area contributed by atoms with Gasteiger partial charge in [-0.05, 0) is 18.9 Å². The molecule has 0 saturated heterocycles. The van der Waals surface area contributed by atoms with Crippen molar-refractivity contribution in [3.8, 4) is 5.75 Å². The number of amides is 1. The second kappa shape index (κ2) is 3.82. The molecule has 2 aliphatic rings. The SMILES string of the molecule is CN1C(=O)COc2cc3nc(C4CC4)[nH]c(=O)c3cc21. The second-order valence-electron chi connectivity index (χ2n) is 5.30. The Morgan fingerprint density at radius 3 is 2.90 bits per heavy atom. The first-order valence-corrected chi connectivity index (χ1v) is 6.61. The number of ether oxygens (including phenoxy) is 1. The maximum Gasteiger partial charge on any atom is 0.264 e. The predicted octanol–water partition coefficient (Wildman–Crippen LogP) is 1.16. The predicted molar refractivity (Wildman–Crippen MR) is 73.2 cm³/mol. The Balaban J connectivity index is 1.96. The van der Waals surface area contributed by atoms with Crippen LogP contribution in [0.5, 0.6) is 5.75 Å². The molecule has 0 radical (unpaired) electrons. The first-order chi connectivity index (χ1) is 9.63. The summed E-state index contributed by atoms with van der Waals surface area (Å²) < 4.78 is 5.43. The highest BCUT2D eigenvalue weighted by molar-refractivity contribution is 6.00. The van der Waals surface area contributed by atoms with Crippen LogP contribution in [0.4, 0.5) is 5.69 Å². The number of nitrogens with zero attached hydrogens (tertiary/aromatic N) is 2. The highest BCUT2D eigenvalue weighted by atomic mass is 16.5. The van der Waals surface area contributed by atoms with Gasteiger partial charge in [-0.25, -0.2) is 4.98 Å². The van der Waals surface area contributed by atoms with Gasteiger partial charge in [0.05, 0.1) is 16.6 Å². The normalized spacial score (nSPS) is 18.1. The summed E-state index contributed by atoms with van der Waals surface area (Å²) in [6, 6.07) is 3.42. The lowest BCUT2D eigenvalue weighted by atomic mass is 10.1. The van der Waals surface area contributed by atoms with Crippen LogP contribution in [0.2, 0.25) is 0 Å². The molecule has 0 unspecified atom stereocenters. The smallest absolute Gasteiger partial charge is 0.264 e. The van der Waals surface area contributed by atoms with Gasteiger partial charge in [-0.15, -0.1) is 0 Å². The number of aromatic amines is 1. The number of rotatable bonds is 1. The summed E-state index contributed by atoms with van der Waals surface area (Å²) in [6.45, 7) is 0.0215. The van der Waals surface area contributed by atoms with E-state index in [0.717, 1.165) is 18.7 Å². The van der Waals surface area contributed by atoms with E-state index in [-0.39, 0.29) is 18.1 Å². The van der Waals surface area contributed by atoms with Crippen LogP contribution in [0.1, 0.15) is 24.6 Å². The molecule has 2 heterocycles. The van der Waals surface area contributed by atoms with Crippen LogP contribution in [-0.4, -0.2) is 29.5 Å². The third-order valence-corrected chi connectivity index (χ3v) is 3.86. The lowest BCUT2D eigenvalue weighted by molar-refractivity contribution is -0.120. The summed E-state index contributed by atoms with van der Waals surface area (Å²) in [5, 5.41) is 0.485. The number of fused-ring (bicyclic) bond motifs is 2. The van der Waals surface area contributed by atoms with Gasteiger partial charge >= 0.3 is 0 Å². The largest absolute Gasteiger partial charge is 0.481 e. The maximum atomic E-state index is 12.2. The minimum Gasteiger partial charge on any atom is -0.481 e. The van der Waals surface area contributed by atoms with Crippen molar-refractivity contribution in [2.75, 3.05) is 18.6 Å². The third kappa shape index (κ3) is 1.61. The average molecular weight is 271 g/mol. The molecule has 0 spiro atoms. The van der Waals surface area contributed by atoms with Gasteiger partial charge in [-0.2, -0.15) is 0 Å². The number of nitrogens with one attached hydrogen (secondary N) is 1. The van der Waals surface area contributed by atoms with Crippen molar-refractivity contribution in [1.82, 2.24) is 9.97 Å². The van der Waals surface area contributed by atoms with Crippen LogP contribution >= 0.6 is 0 Å². The van der Waals surface area contributed by atoms with E-state index in [2.05, 4.69) is 9.97 Å². The lowest BCUT2D eigenvalue weighted by Gasteiger charge is -2.26. The molecule has 1 aromatic heterocycles. The maximum absolute atomic E-state index is 12.2. The molecule has 2 aromatic rings. The van der Waals surface area contributed by atoms with Crippen molar-refractivity contribution in [2.45, 2.75) is 18.8 Å². The van der Waals surface area contributed by atoms with Crippen molar-refractivity contribution in [1.29, 1.82) is 0 Å². The number of carbonyl (C=O) groups excluding carboxylic acids is 1. The molecule has 20 heavy (non-hydrogen) atoms. The molecule has 6 nitrogen and oxygen atoms in total. The van der Waals surface area contributed by atoms with Crippen LogP contribution in [0.3, 0.4) is 0 Å². The molecule has 1 aliphatic carbocycles. The van der Waals surface area contributed by atoms with E-state index < -0.39 is 0 Å². The van der Waals surface area contributed by atoms with Crippen LogP contribution in [0.25, 0.3) is 10.9 Å². The van der Waals surface area contributed by atoms with Gasteiger partial charge in [-0.3, -0.25) is 9.59 Å². The number of benzene rings is 1. The van der Waals surface area contributed by atoms with E-state index in [1.165, 1.54) is 4.90 Å². The van der Waals surface area contributed by atoms with Crippen LogP contribution in [0, 0.1) is 0 Å². The summed E-state index contributed by atoms with van der Waals surface area (Å²) in [7, 11) is 1.68. The van der Waals surface area contributed by atoms with Crippen LogP contribution < -0.4 is 15.2 Å². The molecule has 1 aliphatic heterocycles. The van der Waals surface area contributed by atoms with E-state index in [0.29, 0.717) is 28.3 Å². The second-order valence-corrected chi connectivity index (χ2v) is 5.30. The molecule has 1 amide bonds. The molecular weight excluding hydrogens is 258 g/mol. The molecule has 1 saturated carbocycles. The zero-order valence-corrected chi connectivity index (χ0v) is 11.0. The zero-order valence-electron chi connectivity index (χ0n) is 11.0. The summed E-state index contributed by atoms with van der Waals surface area (Å²) in [5.74, 6) is 1.60. The van der Waals surface area contributed by atoms with Crippen molar-refractivity contribution < 1.29 is 9.53 Å². The van der Waals surface area contributed by atoms with E-state index in [9.17, 15) is 9.59 Å². The quantitative estimate of drug-likeness (QED) is 0.844. The van der Waals surface area contributed by atoms with Gasteiger partial charge in [0, 0.05) is 19.0 Å². The summed E-state index contributed by atoms with van der Waals surface area (Å²) in [4.78, 5) is 32.6. The first kappa shape index (κ1) is 11.5. The first-order valence-electron chi connectivity index (χ1n) is 6.61. The van der Waals surface area contributed by atoms with Gasteiger partial charge in [-0.1, -0.05) is 0 Å². The number of aromatic nitrogens is 2.